The standard InChI is InChI=1S/C10H14/c1-10-3-5(4-10)6-2-7-8(6)9(7)10/h5-9H,2-4H2,1H3. The maximum atomic E-state index is 2.54. The highest BCUT2D eigenvalue weighted by Gasteiger charge is 2.77. The van der Waals surface area contributed by atoms with Crippen molar-refractivity contribution in [3.63, 3.8) is 0 Å². The maximum Gasteiger partial charge on any atom is -0.0286 e. The summed E-state index contributed by atoms with van der Waals surface area (Å²) in [4.78, 5) is 0. The number of hydrogen-bond donors (Lipinski definition) is 0. The molecule has 10 heavy (non-hydrogen) atoms. The molecule has 0 spiro atoms. The van der Waals surface area contributed by atoms with Gasteiger partial charge >= 0.3 is 0 Å². The first-order valence-corrected chi connectivity index (χ1v) is 4.80. The molecule has 5 aliphatic carbocycles. The predicted molar refractivity (Wildman–Crippen MR) is 39.4 cm³/mol. The number of hydrogen-bond acceptors (Lipinski definition) is 0. The van der Waals surface area contributed by atoms with Gasteiger partial charge < -0.3 is 0 Å². The van der Waals surface area contributed by atoms with Gasteiger partial charge in [0, 0.05) is 0 Å². The minimum atomic E-state index is 0.868. The molecule has 0 aromatic heterocycles. The Bertz CT molecular complexity index is 210. The predicted octanol–water partition coefficient (Wildman–Crippen LogP) is 2.30. The molecule has 5 saturated carbocycles. The van der Waals surface area contributed by atoms with Gasteiger partial charge in [0.2, 0.25) is 0 Å². The Hall–Kier alpha value is 0. The first-order chi connectivity index (χ1) is 4.80. The molecule has 0 heteroatoms. The van der Waals surface area contributed by atoms with E-state index in [4.69, 9.17) is 0 Å². The summed E-state index contributed by atoms with van der Waals surface area (Å²) in [6, 6.07) is 0. The van der Waals surface area contributed by atoms with Gasteiger partial charge in [-0.3, -0.25) is 0 Å². The normalized spacial score (nSPS) is 80.7. The van der Waals surface area contributed by atoms with Crippen LogP contribution in [0.4, 0.5) is 0 Å². The molecule has 54 valence electrons. The van der Waals surface area contributed by atoms with E-state index in [1.807, 2.05) is 0 Å². The van der Waals surface area contributed by atoms with Crippen LogP contribution >= 0.6 is 0 Å². The molecule has 0 amide bonds. The Morgan fingerprint density at radius 3 is 2.70 bits per heavy atom. The second-order valence-electron chi connectivity index (χ2n) is 5.49. The van der Waals surface area contributed by atoms with Crippen LogP contribution in [0.25, 0.3) is 0 Å². The van der Waals surface area contributed by atoms with Crippen molar-refractivity contribution in [1.29, 1.82) is 0 Å². The summed E-state index contributed by atoms with van der Waals surface area (Å²) in [5.74, 6) is 6.16. The van der Waals surface area contributed by atoms with E-state index in [1.54, 1.807) is 19.3 Å². The van der Waals surface area contributed by atoms with Crippen LogP contribution in [0.3, 0.4) is 0 Å². The summed E-state index contributed by atoms with van der Waals surface area (Å²) in [6.45, 7) is 2.54. The molecule has 0 radical (unpaired) electrons. The van der Waals surface area contributed by atoms with E-state index < -0.39 is 0 Å². The van der Waals surface area contributed by atoms with Crippen molar-refractivity contribution < 1.29 is 0 Å². The highest BCUT2D eigenvalue weighted by Crippen LogP contribution is 2.83. The Balaban J connectivity index is 1.87. The minimum absolute atomic E-state index is 0.868. The van der Waals surface area contributed by atoms with Crippen molar-refractivity contribution in [3.05, 3.63) is 0 Å². The van der Waals surface area contributed by atoms with Crippen molar-refractivity contribution in [2.24, 2.45) is 35.0 Å². The molecular weight excluding hydrogens is 120 g/mol. The van der Waals surface area contributed by atoms with Gasteiger partial charge in [-0.05, 0) is 54.3 Å². The van der Waals surface area contributed by atoms with Crippen LogP contribution in [0.15, 0.2) is 0 Å². The van der Waals surface area contributed by atoms with Crippen molar-refractivity contribution >= 4 is 0 Å². The Kier molecular flexibility index (Phi) is 0.479. The molecule has 0 nitrogen and oxygen atoms in total. The Labute approximate surface area is 62.0 Å². The molecule has 0 heterocycles. The fourth-order valence-corrected chi connectivity index (χ4v) is 4.76. The van der Waals surface area contributed by atoms with Gasteiger partial charge in [-0.1, -0.05) is 6.92 Å². The zero-order valence-corrected chi connectivity index (χ0v) is 6.51. The Morgan fingerprint density at radius 1 is 1.20 bits per heavy atom. The fourth-order valence-electron chi connectivity index (χ4n) is 4.76. The maximum absolute atomic E-state index is 2.54. The van der Waals surface area contributed by atoms with Crippen molar-refractivity contribution in [2.45, 2.75) is 26.2 Å². The van der Waals surface area contributed by atoms with Gasteiger partial charge in [-0.25, -0.2) is 0 Å². The highest BCUT2D eigenvalue weighted by atomic mass is 14.8. The van der Waals surface area contributed by atoms with Crippen LogP contribution in [0.5, 0.6) is 0 Å². The van der Waals surface area contributed by atoms with E-state index in [9.17, 15) is 0 Å². The van der Waals surface area contributed by atoms with Crippen molar-refractivity contribution in [3.8, 4) is 0 Å². The number of rotatable bonds is 0. The summed E-state index contributed by atoms with van der Waals surface area (Å²) in [6.07, 6.45) is 4.85. The average molecular weight is 134 g/mol. The minimum Gasteiger partial charge on any atom is -0.0593 e. The van der Waals surface area contributed by atoms with Gasteiger partial charge in [-0.2, -0.15) is 0 Å². The van der Waals surface area contributed by atoms with Crippen molar-refractivity contribution in [1.82, 2.24) is 0 Å². The van der Waals surface area contributed by atoms with E-state index in [0.29, 0.717) is 0 Å². The molecule has 2 bridgehead atoms. The molecule has 0 aromatic rings. The molecule has 4 unspecified atom stereocenters. The highest BCUT2D eigenvalue weighted by molar-refractivity contribution is 5.25. The molecule has 5 rings (SSSR count). The smallest absolute Gasteiger partial charge is 0.0286 e. The largest absolute Gasteiger partial charge is 0.0593 e. The topological polar surface area (TPSA) is 0 Å². The molecule has 0 saturated heterocycles. The van der Waals surface area contributed by atoms with Gasteiger partial charge in [-0.15, -0.1) is 0 Å². The zero-order valence-electron chi connectivity index (χ0n) is 6.51. The summed E-state index contributed by atoms with van der Waals surface area (Å²) >= 11 is 0. The summed E-state index contributed by atoms with van der Waals surface area (Å²) in [7, 11) is 0. The molecule has 0 aliphatic heterocycles. The van der Waals surface area contributed by atoms with Crippen LogP contribution in [0.1, 0.15) is 26.2 Å². The van der Waals surface area contributed by atoms with E-state index in [0.717, 1.165) is 5.41 Å². The third-order valence-electron chi connectivity index (χ3n) is 5.14. The second-order valence-corrected chi connectivity index (χ2v) is 5.49. The van der Waals surface area contributed by atoms with Crippen LogP contribution in [-0.2, 0) is 0 Å². The second kappa shape index (κ2) is 1.00. The SMILES string of the molecule is CC12CC(C1)C1CC3C1C32. The lowest BCUT2D eigenvalue weighted by atomic mass is 9.51. The zero-order chi connectivity index (χ0) is 6.51. The first kappa shape index (κ1) is 4.79. The molecule has 0 aromatic carbocycles. The summed E-state index contributed by atoms with van der Waals surface area (Å²) in [5.41, 5.74) is 0.868. The summed E-state index contributed by atoms with van der Waals surface area (Å²) < 4.78 is 0. The van der Waals surface area contributed by atoms with Gasteiger partial charge in [0.15, 0.2) is 0 Å². The molecule has 5 fully saturated rings. The van der Waals surface area contributed by atoms with Crippen molar-refractivity contribution in [2.75, 3.05) is 0 Å². The average Bonchev–Trinajstić information content (AvgIpc) is 2.34. The Morgan fingerprint density at radius 2 is 2.00 bits per heavy atom. The summed E-state index contributed by atoms with van der Waals surface area (Å²) in [5, 5.41) is 0. The third-order valence-corrected chi connectivity index (χ3v) is 5.14. The van der Waals surface area contributed by atoms with E-state index >= 15 is 0 Å². The first-order valence-electron chi connectivity index (χ1n) is 4.80. The van der Waals surface area contributed by atoms with E-state index in [1.165, 1.54) is 29.6 Å². The molecule has 4 atom stereocenters. The molecular formula is C10H14. The lowest BCUT2D eigenvalue weighted by molar-refractivity contribution is -0.0425. The quantitative estimate of drug-likeness (QED) is 0.477. The van der Waals surface area contributed by atoms with E-state index in [2.05, 4.69) is 6.92 Å². The van der Waals surface area contributed by atoms with E-state index in [-0.39, 0.29) is 0 Å². The van der Waals surface area contributed by atoms with Crippen LogP contribution < -0.4 is 0 Å². The third kappa shape index (κ3) is 0.271. The van der Waals surface area contributed by atoms with Gasteiger partial charge in [0.1, 0.15) is 0 Å². The monoisotopic (exact) mass is 134 g/mol. The van der Waals surface area contributed by atoms with Gasteiger partial charge in [0.25, 0.3) is 0 Å². The lowest BCUT2D eigenvalue weighted by Gasteiger charge is -2.53. The molecule has 5 aliphatic rings. The van der Waals surface area contributed by atoms with Gasteiger partial charge in [0.05, 0.1) is 0 Å². The molecule has 0 N–H and O–H groups in total. The lowest BCUT2D eigenvalue weighted by Crippen LogP contribution is -2.45. The van der Waals surface area contributed by atoms with Crippen LogP contribution in [-0.4, -0.2) is 0 Å². The van der Waals surface area contributed by atoms with Crippen LogP contribution in [0, 0.1) is 35.0 Å². The fraction of sp³-hybridized carbons (Fsp3) is 1.00. The van der Waals surface area contributed by atoms with Crippen LogP contribution in [0.2, 0.25) is 0 Å².